The number of hydrogen-bond donors (Lipinski definition) is 0. The van der Waals surface area contributed by atoms with Crippen molar-refractivity contribution in [2.24, 2.45) is 21.9 Å². The molecule has 0 aromatic carbocycles. The summed E-state index contributed by atoms with van der Waals surface area (Å²) >= 11 is 0. The fourth-order valence-corrected chi connectivity index (χ4v) is 4.79. The van der Waals surface area contributed by atoms with Gasteiger partial charge in [0.1, 0.15) is 0 Å². The monoisotopic (exact) mass is 293 g/mol. The number of fused-ring (bicyclic) bond motifs is 2. The van der Waals surface area contributed by atoms with E-state index in [1.165, 1.54) is 12.8 Å². The lowest BCUT2D eigenvalue weighted by Crippen LogP contribution is -2.61. The van der Waals surface area contributed by atoms with E-state index in [2.05, 4.69) is 23.9 Å². The summed E-state index contributed by atoms with van der Waals surface area (Å²) in [5.41, 5.74) is 9.34. The number of rotatable bonds is 5. The van der Waals surface area contributed by atoms with E-state index in [9.17, 15) is 0 Å². The molecule has 118 valence electrons. The second kappa shape index (κ2) is 5.79. The van der Waals surface area contributed by atoms with E-state index in [1.54, 1.807) is 0 Å². The van der Waals surface area contributed by atoms with Crippen LogP contribution in [0.15, 0.2) is 5.11 Å². The summed E-state index contributed by atoms with van der Waals surface area (Å²) < 4.78 is 11.6. The maximum Gasteiger partial charge on any atom is 0.157 e. The van der Waals surface area contributed by atoms with Crippen LogP contribution in [0.3, 0.4) is 0 Å². The minimum atomic E-state index is 0.00523. The Bertz CT molecular complexity index is 427. The van der Waals surface area contributed by atoms with Crippen LogP contribution in [0, 0.1) is 16.7 Å². The molecule has 5 heteroatoms. The van der Waals surface area contributed by atoms with Crippen LogP contribution >= 0.6 is 0 Å². The molecule has 0 spiro atoms. The van der Waals surface area contributed by atoms with E-state index in [-0.39, 0.29) is 12.3 Å². The predicted molar refractivity (Wildman–Crippen MR) is 80.6 cm³/mol. The molecule has 4 fully saturated rings. The fraction of sp³-hybridized carbons (Fsp3) is 1.00. The minimum Gasteiger partial charge on any atom is -0.353 e. The summed E-state index contributed by atoms with van der Waals surface area (Å²) in [5, 5.41) is 3.99. The normalized spacial score (nSPS) is 41.0. The summed E-state index contributed by atoms with van der Waals surface area (Å²) in [6.07, 6.45) is 7.82. The largest absolute Gasteiger partial charge is 0.353 e. The molecule has 0 N–H and O–H groups in total. The second-order valence-electron chi connectivity index (χ2n) is 7.62. The third-order valence-electron chi connectivity index (χ3n) is 6.44. The van der Waals surface area contributed by atoms with Crippen LogP contribution in [0.5, 0.6) is 0 Å². The van der Waals surface area contributed by atoms with Gasteiger partial charge in [-0.15, -0.1) is 0 Å². The molecule has 5 nitrogen and oxygen atoms in total. The van der Waals surface area contributed by atoms with Gasteiger partial charge < -0.3 is 9.47 Å². The predicted octanol–water partition coefficient (Wildman–Crippen LogP) is 4.42. The molecular formula is C16H27N3O2. The highest BCUT2D eigenvalue weighted by molar-refractivity contribution is 5.13. The molecule has 0 aromatic rings. The van der Waals surface area contributed by atoms with Gasteiger partial charge in [0.2, 0.25) is 0 Å². The zero-order valence-electron chi connectivity index (χ0n) is 13.3. The Balaban J connectivity index is 1.55. The molecule has 3 saturated carbocycles. The van der Waals surface area contributed by atoms with E-state index < -0.39 is 0 Å². The topological polar surface area (TPSA) is 67.2 Å². The standard InChI is InChI=1S/C16H27N3O2/c1-15(2)12-9-13(18-19-17)11-16(15,10-12)6-8-21-14-5-3-4-7-20-14/h12-14H,3-11H2,1-2H3. The van der Waals surface area contributed by atoms with Gasteiger partial charge in [0.25, 0.3) is 0 Å². The highest BCUT2D eigenvalue weighted by Crippen LogP contribution is 2.69. The van der Waals surface area contributed by atoms with Crippen LogP contribution in [0.2, 0.25) is 0 Å². The number of nitrogens with zero attached hydrogens (tertiary/aromatic N) is 3. The summed E-state index contributed by atoms with van der Waals surface area (Å²) in [6, 6.07) is 0.188. The maximum absolute atomic E-state index is 8.70. The molecule has 0 amide bonds. The first-order valence-corrected chi connectivity index (χ1v) is 8.35. The van der Waals surface area contributed by atoms with Crippen LogP contribution in [-0.2, 0) is 9.47 Å². The molecule has 1 saturated heterocycles. The Labute approximate surface area is 127 Å². The van der Waals surface area contributed by atoms with Gasteiger partial charge in [-0.3, -0.25) is 0 Å². The number of hydrogen-bond acceptors (Lipinski definition) is 3. The summed E-state index contributed by atoms with van der Waals surface area (Å²) in [6.45, 7) is 6.36. The lowest BCUT2D eigenvalue weighted by molar-refractivity contribution is -0.203. The average molecular weight is 293 g/mol. The fourth-order valence-electron chi connectivity index (χ4n) is 4.79. The molecule has 4 rings (SSSR count). The Hall–Kier alpha value is -0.770. The van der Waals surface area contributed by atoms with Crippen molar-refractivity contribution in [2.75, 3.05) is 13.2 Å². The molecule has 4 aliphatic rings. The van der Waals surface area contributed by atoms with Gasteiger partial charge in [-0.25, -0.2) is 0 Å². The quantitative estimate of drug-likeness (QED) is 0.427. The van der Waals surface area contributed by atoms with Crippen molar-refractivity contribution in [3.63, 3.8) is 0 Å². The number of ether oxygens (including phenoxy) is 2. The van der Waals surface area contributed by atoms with E-state index in [4.69, 9.17) is 15.0 Å². The van der Waals surface area contributed by atoms with Crippen LogP contribution in [-0.4, -0.2) is 25.5 Å². The molecular weight excluding hydrogens is 266 g/mol. The lowest BCUT2D eigenvalue weighted by Gasteiger charge is -2.67. The zero-order chi connectivity index (χ0) is 14.9. The third-order valence-corrected chi connectivity index (χ3v) is 6.44. The van der Waals surface area contributed by atoms with Gasteiger partial charge in [0.05, 0.1) is 6.61 Å². The molecule has 2 bridgehead atoms. The Kier molecular flexibility index (Phi) is 4.17. The SMILES string of the molecule is CC1(C)C2CC(N=[N+]=[N-])CC1(CCOC1CCCCO1)C2. The molecule has 1 heterocycles. The van der Waals surface area contributed by atoms with Crippen LogP contribution in [0.1, 0.15) is 58.8 Å². The van der Waals surface area contributed by atoms with Crippen molar-refractivity contribution in [1.82, 2.24) is 0 Å². The van der Waals surface area contributed by atoms with E-state index in [0.29, 0.717) is 16.7 Å². The third kappa shape index (κ3) is 2.67. The molecule has 3 aliphatic carbocycles. The molecule has 0 aromatic heterocycles. The van der Waals surface area contributed by atoms with Gasteiger partial charge in [-0.05, 0) is 67.2 Å². The lowest BCUT2D eigenvalue weighted by atomic mass is 9.38. The van der Waals surface area contributed by atoms with Crippen LogP contribution in [0.4, 0.5) is 0 Å². The summed E-state index contributed by atoms with van der Waals surface area (Å²) in [7, 11) is 0. The van der Waals surface area contributed by atoms with E-state index >= 15 is 0 Å². The molecule has 0 radical (unpaired) electrons. The van der Waals surface area contributed by atoms with Crippen molar-refractivity contribution in [3.05, 3.63) is 10.4 Å². The maximum atomic E-state index is 8.70. The second-order valence-corrected chi connectivity index (χ2v) is 7.62. The van der Waals surface area contributed by atoms with Crippen LogP contribution < -0.4 is 0 Å². The Morgan fingerprint density at radius 1 is 1.33 bits per heavy atom. The van der Waals surface area contributed by atoms with Gasteiger partial charge in [0, 0.05) is 17.6 Å². The smallest absolute Gasteiger partial charge is 0.157 e. The highest BCUT2D eigenvalue weighted by atomic mass is 16.7. The van der Waals surface area contributed by atoms with E-state index in [0.717, 1.165) is 45.3 Å². The van der Waals surface area contributed by atoms with Crippen molar-refractivity contribution in [1.29, 1.82) is 0 Å². The number of azide groups is 1. The zero-order valence-corrected chi connectivity index (χ0v) is 13.3. The van der Waals surface area contributed by atoms with Crippen molar-refractivity contribution in [3.8, 4) is 0 Å². The summed E-state index contributed by atoms with van der Waals surface area (Å²) in [4.78, 5) is 3.02. The summed E-state index contributed by atoms with van der Waals surface area (Å²) in [5.74, 6) is 0.702. The highest BCUT2D eigenvalue weighted by Gasteiger charge is 2.62. The minimum absolute atomic E-state index is 0.00523. The van der Waals surface area contributed by atoms with Crippen molar-refractivity contribution in [2.45, 2.75) is 71.1 Å². The van der Waals surface area contributed by atoms with E-state index in [1.807, 2.05) is 0 Å². The molecule has 4 unspecified atom stereocenters. The van der Waals surface area contributed by atoms with Crippen molar-refractivity contribution < 1.29 is 9.47 Å². The first-order valence-electron chi connectivity index (χ1n) is 8.35. The first kappa shape index (κ1) is 15.1. The van der Waals surface area contributed by atoms with Gasteiger partial charge >= 0.3 is 0 Å². The molecule has 1 aliphatic heterocycles. The molecule has 21 heavy (non-hydrogen) atoms. The average Bonchev–Trinajstić information content (AvgIpc) is 2.48. The Morgan fingerprint density at radius 3 is 2.86 bits per heavy atom. The van der Waals surface area contributed by atoms with Gasteiger partial charge in [-0.2, -0.15) is 0 Å². The Morgan fingerprint density at radius 2 is 2.19 bits per heavy atom. The van der Waals surface area contributed by atoms with Crippen molar-refractivity contribution >= 4 is 0 Å². The first-order chi connectivity index (χ1) is 10.1. The van der Waals surface area contributed by atoms with Gasteiger partial charge in [0.15, 0.2) is 6.29 Å². The van der Waals surface area contributed by atoms with Crippen LogP contribution in [0.25, 0.3) is 10.4 Å². The van der Waals surface area contributed by atoms with Gasteiger partial charge in [-0.1, -0.05) is 19.0 Å². The molecule has 4 atom stereocenters.